The molecular weight excluding hydrogens is 194 g/mol. The third kappa shape index (κ3) is 1.56. The molecule has 1 aromatic carbocycles. The number of halogens is 2. The molecule has 0 saturated carbocycles. The predicted molar refractivity (Wildman–Crippen MR) is 47.5 cm³/mol. The molecule has 70 valence electrons. The Kier molecular flexibility index (Phi) is 2.26. The van der Waals surface area contributed by atoms with E-state index in [0.717, 1.165) is 6.07 Å². The largest absolute Gasteiger partial charge is 0.387 e. The van der Waals surface area contributed by atoms with Crippen LogP contribution < -0.4 is 0 Å². The van der Waals surface area contributed by atoms with Gasteiger partial charge in [0.25, 0.3) is 0 Å². The summed E-state index contributed by atoms with van der Waals surface area (Å²) in [5.41, 5.74) is 0.835. The fourth-order valence-electron chi connectivity index (χ4n) is 1.49. The zero-order valence-corrected chi connectivity index (χ0v) is 7.57. The predicted octanol–water partition coefficient (Wildman–Crippen LogP) is 2.25. The van der Waals surface area contributed by atoms with Gasteiger partial charge in [0.05, 0.1) is 6.10 Å². The molecule has 1 aliphatic heterocycles. The summed E-state index contributed by atoms with van der Waals surface area (Å²) in [5, 5.41) is 9.45. The maximum absolute atomic E-state index is 13.2. The molecule has 0 spiro atoms. The molecule has 1 atom stereocenters. The topological polar surface area (TPSA) is 20.2 Å². The number of hydrogen-bond donors (Lipinski definition) is 1. The van der Waals surface area contributed by atoms with E-state index in [0.29, 0.717) is 17.1 Å². The van der Waals surface area contributed by atoms with Crippen LogP contribution in [0.3, 0.4) is 0 Å². The molecule has 0 saturated heterocycles. The highest BCUT2D eigenvalue weighted by molar-refractivity contribution is 7.98. The van der Waals surface area contributed by atoms with Gasteiger partial charge in [-0.15, -0.1) is 0 Å². The van der Waals surface area contributed by atoms with E-state index in [1.165, 1.54) is 17.8 Å². The molecule has 2 rings (SSSR count). The highest BCUT2D eigenvalue weighted by Crippen LogP contribution is 2.33. The molecule has 4 heteroatoms. The van der Waals surface area contributed by atoms with Crippen molar-refractivity contribution in [2.75, 3.05) is 5.75 Å². The van der Waals surface area contributed by atoms with E-state index >= 15 is 0 Å². The van der Waals surface area contributed by atoms with Crippen molar-refractivity contribution in [3.8, 4) is 0 Å². The molecule has 0 unspecified atom stereocenters. The van der Waals surface area contributed by atoms with E-state index in [-0.39, 0.29) is 5.56 Å². The van der Waals surface area contributed by atoms with Crippen molar-refractivity contribution in [2.45, 2.75) is 11.9 Å². The van der Waals surface area contributed by atoms with Crippen LogP contribution in [0, 0.1) is 11.6 Å². The van der Waals surface area contributed by atoms with Crippen molar-refractivity contribution >= 4 is 11.8 Å². The van der Waals surface area contributed by atoms with Gasteiger partial charge in [-0.1, -0.05) is 0 Å². The first-order valence-corrected chi connectivity index (χ1v) is 5.07. The Balaban J connectivity index is 2.56. The highest BCUT2D eigenvalue weighted by Gasteiger charge is 2.22. The lowest BCUT2D eigenvalue weighted by molar-refractivity contribution is 0.196. The lowest BCUT2D eigenvalue weighted by atomic mass is 10.0. The van der Waals surface area contributed by atoms with Crippen molar-refractivity contribution in [3.63, 3.8) is 0 Å². The summed E-state index contributed by atoms with van der Waals surface area (Å²) in [6.07, 6.45) is -0.797. The van der Waals surface area contributed by atoms with Crippen LogP contribution in [-0.2, 0) is 5.75 Å². The summed E-state index contributed by atoms with van der Waals surface area (Å²) in [6, 6.07) is 2.10. The second-order valence-electron chi connectivity index (χ2n) is 2.99. The van der Waals surface area contributed by atoms with Crippen LogP contribution in [0.4, 0.5) is 8.78 Å². The van der Waals surface area contributed by atoms with Crippen molar-refractivity contribution < 1.29 is 13.9 Å². The van der Waals surface area contributed by atoms with Crippen molar-refractivity contribution in [1.82, 2.24) is 0 Å². The molecule has 0 aromatic heterocycles. The Labute approximate surface area is 78.8 Å². The number of rotatable bonds is 0. The molecule has 0 aliphatic carbocycles. The van der Waals surface area contributed by atoms with Crippen LogP contribution in [0.15, 0.2) is 12.1 Å². The Hall–Kier alpha value is -0.610. The Bertz CT molecular complexity index is 341. The van der Waals surface area contributed by atoms with Crippen LogP contribution >= 0.6 is 11.8 Å². The van der Waals surface area contributed by atoms with E-state index in [9.17, 15) is 13.9 Å². The van der Waals surface area contributed by atoms with Gasteiger partial charge in [-0.2, -0.15) is 11.8 Å². The van der Waals surface area contributed by atoms with Gasteiger partial charge in [0.15, 0.2) is 0 Å². The number of aliphatic hydroxyl groups is 1. The minimum atomic E-state index is -0.797. The monoisotopic (exact) mass is 202 g/mol. The van der Waals surface area contributed by atoms with Gasteiger partial charge in [0.1, 0.15) is 11.6 Å². The first kappa shape index (κ1) is 8.97. The Morgan fingerprint density at radius 1 is 1.38 bits per heavy atom. The highest BCUT2D eigenvalue weighted by atomic mass is 32.2. The summed E-state index contributed by atoms with van der Waals surface area (Å²) >= 11 is 1.48. The van der Waals surface area contributed by atoms with Gasteiger partial charge < -0.3 is 5.11 Å². The zero-order valence-electron chi connectivity index (χ0n) is 6.76. The van der Waals surface area contributed by atoms with Crippen molar-refractivity contribution in [1.29, 1.82) is 0 Å². The lowest BCUT2D eigenvalue weighted by Crippen LogP contribution is -2.12. The number of aliphatic hydroxyl groups excluding tert-OH is 1. The standard InChI is InChI=1S/C9H8F2OS/c10-6-1-5-3-13-4-8(12)9(5)7(11)2-6/h1-2,8,12H,3-4H2/t8-/m1/s1. The van der Waals surface area contributed by atoms with Crippen molar-refractivity contribution in [2.24, 2.45) is 0 Å². The molecule has 0 bridgehead atoms. The van der Waals surface area contributed by atoms with Crippen LogP contribution in [0.2, 0.25) is 0 Å². The number of fused-ring (bicyclic) bond motifs is 1. The number of benzene rings is 1. The first-order chi connectivity index (χ1) is 6.18. The Morgan fingerprint density at radius 3 is 2.92 bits per heavy atom. The average Bonchev–Trinajstić information content (AvgIpc) is 2.02. The number of thioether (sulfide) groups is 1. The smallest absolute Gasteiger partial charge is 0.132 e. The van der Waals surface area contributed by atoms with Crippen LogP contribution in [-0.4, -0.2) is 10.9 Å². The molecule has 1 aliphatic rings. The first-order valence-electron chi connectivity index (χ1n) is 3.92. The normalized spacial score (nSPS) is 21.3. The molecule has 1 aromatic rings. The van der Waals surface area contributed by atoms with Gasteiger partial charge in [-0.05, 0) is 11.6 Å². The summed E-state index contributed by atoms with van der Waals surface area (Å²) in [7, 11) is 0. The molecule has 0 radical (unpaired) electrons. The summed E-state index contributed by atoms with van der Waals surface area (Å²) in [6.45, 7) is 0. The summed E-state index contributed by atoms with van der Waals surface area (Å²) in [4.78, 5) is 0. The number of hydrogen-bond acceptors (Lipinski definition) is 2. The second-order valence-corrected chi connectivity index (χ2v) is 4.02. The lowest BCUT2D eigenvalue weighted by Gasteiger charge is -2.21. The fourth-order valence-corrected chi connectivity index (χ4v) is 2.46. The maximum atomic E-state index is 13.2. The van der Waals surface area contributed by atoms with E-state index in [1.807, 2.05) is 0 Å². The summed E-state index contributed by atoms with van der Waals surface area (Å²) in [5.74, 6) is -0.162. The van der Waals surface area contributed by atoms with Crippen LogP contribution in [0.5, 0.6) is 0 Å². The van der Waals surface area contributed by atoms with Crippen LogP contribution in [0.25, 0.3) is 0 Å². The average molecular weight is 202 g/mol. The summed E-state index contributed by atoms with van der Waals surface area (Å²) < 4.78 is 25.9. The van der Waals surface area contributed by atoms with Gasteiger partial charge in [-0.3, -0.25) is 0 Å². The third-order valence-corrected chi connectivity index (χ3v) is 3.11. The van der Waals surface area contributed by atoms with Gasteiger partial charge in [0, 0.05) is 23.1 Å². The molecular formula is C9H8F2OS. The van der Waals surface area contributed by atoms with Gasteiger partial charge >= 0.3 is 0 Å². The quantitative estimate of drug-likeness (QED) is 0.696. The SMILES string of the molecule is O[C@@H]1CSCc2cc(F)cc(F)c21. The van der Waals surface area contributed by atoms with E-state index < -0.39 is 17.7 Å². The molecule has 13 heavy (non-hydrogen) atoms. The molecule has 0 amide bonds. The minimum absolute atomic E-state index is 0.264. The fraction of sp³-hybridized carbons (Fsp3) is 0.333. The molecule has 1 heterocycles. The maximum Gasteiger partial charge on any atom is 0.132 e. The minimum Gasteiger partial charge on any atom is -0.387 e. The van der Waals surface area contributed by atoms with Crippen molar-refractivity contribution in [3.05, 3.63) is 34.9 Å². The van der Waals surface area contributed by atoms with Gasteiger partial charge in [0.2, 0.25) is 0 Å². The van der Waals surface area contributed by atoms with E-state index in [1.54, 1.807) is 0 Å². The van der Waals surface area contributed by atoms with E-state index in [4.69, 9.17) is 0 Å². The molecule has 1 nitrogen and oxygen atoms in total. The zero-order chi connectivity index (χ0) is 9.42. The molecule has 1 N–H and O–H groups in total. The van der Waals surface area contributed by atoms with Gasteiger partial charge in [-0.25, -0.2) is 8.78 Å². The van der Waals surface area contributed by atoms with Crippen LogP contribution in [0.1, 0.15) is 17.2 Å². The third-order valence-electron chi connectivity index (χ3n) is 2.05. The van der Waals surface area contributed by atoms with E-state index in [2.05, 4.69) is 0 Å². The molecule has 0 fully saturated rings. The Morgan fingerprint density at radius 2 is 2.15 bits per heavy atom. The second kappa shape index (κ2) is 3.27.